The van der Waals surface area contributed by atoms with Gasteiger partial charge in [0, 0.05) is 38.1 Å². The van der Waals surface area contributed by atoms with Crippen LogP contribution in [0.1, 0.15) is 52.9 Å². The molecule has 3 aliphatic rings. The molecule has 1 aliphatic carbocycles. The lowest BCUT2D eigenvalue weighted by molar-refractivity contribution is -0.181. The van der Waals surface area contributed by atoms with Crippen LogP contribution in [-0.4, -0.2) is 79.4 Å². The van der Waals surface area contributed by atoms with Crippen molar-refractivity contribution in [2.24, 2.45) is 11.1 Å². The highest BCUT2D eigenvalue weighted by molar-refractivity contribution is 5.89. The molecule has 3 fully saturated rings. The molecule has 1 saturated carbocycles. The van der Waals surface area contributed by atoms with Crippen molar-refractivity contribution < 1.29 is 14.3 Å². The maximum absolute atomic E-state index is 13.1. The van der Waals surface area contributed by atoms with Gasteiger partial charge < -0.3 is 25.0 Å². The van der Waals surface area contributed by atoms with Gasteiger partial charge >= 0.3 is 0 Å². The smallest absolute Gasteiger partial charge is 0.243 e. The van der Waals surface area contributed by atoms with Gasteiger partial charge in [0.2, 0.25) is 5.91 Å². The summed E-state index contributed by atoms with van der Waals surface area (Å²) in [6.45, 7) is 12.6. The van der Waals surface area contributed by atoms with Crippen LogP contribution in [-0.2, 0) is 14.3 Å². The molecule has 2 N–H and O–H groups in total. The fourth-order valence-corrected chi connectivity index (χ4v) is 4.66. The Balaban J connectivity index is 1.42. The molecular weight excluding hydrogens is 330 g/mol. The maximum Gasteiger partial charge on any atom is 0.243 e. The minimum absolute atomic E-state index is 0.0768. The van der Waals surface area contributed by atoms with Crippen molar-refractivity contribution in [2.45, 2.75) is 70.6 Å². The van der Waals surface area contributed by atoms with Crippen LogP contribution < -0.4 is 5.73 Å². The van der Waals surface area contributed by atoms with Gasteiger partial charge in [0.15, 0.2) is 0 Å². The molecule has 0 spiro atoms. The predicted molar refractivity (Wildman–Crippen MR) is 102 cm³/mol. The molecule has 150 valence electrons. The second kappa shape index (κ2) is 8.13. The average molecular weight is 368 g/mol. The summed E-state index contributed by atoms with van der Waals surface area (Å²) in [5.74, 6) is 0.0916. The van der Waals surface area contributed by atoms with Crippen LogP contribution in [0.5, 0.6) is 0 Å². The van der Waals surface area contributed by atoms with Crippen molar-refractivity contribution in [3.05, 3.63) is 0 Å². The second-order valence-electron chi connectivity index (χ2n) is 8.75. The predicted octanol–water partition coefficient (Wildman–Crippen LogP) is 1.62. The molecule has 2 saturated heterocycles. The van der Waals surface area contributed by atoms with Crippen molar-refractivity contribution >= 4 is 5.91 Å². The zero-order valence-corrected chi connectivity index (χ0v) is 16.8. The Morgan fingerprint density at radius 2 is 1.77 bits per heavy atom. The van der Waals surface area contributed by atoms with E-state index in [4.69, 9.17) is 15.2 Å². The standard InChI is InChI=1S/C20H37N3O3/c1-4-25-17-15-20(21,19(17,2)3)18(24)23-11-7-16(8-12-23)26-14-13-22-9-5-6-10-22/h16-17H,4-15,21H2,1-3H3. The van der Waals surface area contributed by atoms with Crippen molar-refractivity contribution in [1.82, 2.24) is 9.80 Å². The summed E-state index contributed by atoms with van der Waals surface area (Å²) >= 11 is 0. The largest absolute Gasteiger partial charge is 0.378 e. The molecule has 1 amide bonds. The highest BCUT2D eigenvalue weighted by atomic mass is 16.5. The number of nitrogens with zero attached hydrogens (tertiary/aromatic N) is 2. The van der Waals surface area contributed by atoms with Crippen LogP contribution in [0, 0.1) is 5.41 Å². The number of carbonyl (C=O) groups is 1. The Morgan fingerprint density at radius 3 is 2.35 bits per heavy atom. The number of likely N-dealkylation sites (tertiary alicyclic amines) is 2. The fraction of sp³-hybridized carbons (Fsp3) is 0.950. The van der Waals surface area contributed by atoms with Crippen LogP contribution in [0.4, 0.5) is 0 Å². The number of ether oxygens (including phenoxy) is 2. The van der Waals surface area contributed by atoms with E-state index in [2.05, 4.69) is 18.7 Å². The van der Waals surface area contributed by atoms with E-state index in [9.17, 15) is 4.79 Å². The minimum atomic E-state index is -0.795. The van der Waals surface area contributed by atoms with Crippen LogP contribution in [0.2, 0.25) is 0 Å². The summed E-state index contributed by atoms with van der Waals surface area (Å²) in [5.41, 5.74) is 5.44. The van der Waals surface area contributed by atoms with Gasteiger partial charge in [-0.2, -0.15) is 0 Å². The van der Waals surface area contributed by atoms with Crippen LogP contribution in [0.3, 0.4) is 0 Å². The molecule has 0 aromatic carbocycles. The molecule has 6 heteroatoms. The normalized spacial score (nSPS) is 32.6. The summed E-state index contributed by atoms with van der Waals surface area (Å²) in [5, 5.41) is 0. The lowest BCUT2D eigenvalue weighted by Crippen LogP contribution is -2.76. The molecule has 26 heavy (non-hydrogen) atoms. The van der Waals surface area contributed by atoms with E-state index in [0.717, 1.165) is 39.1 Å². The third-order valence-corrected chi connectivity index (χ3v) is 6.90. The van der Waals surface area contributed by atoms with Crippen LogP contribution in [0.25, 0.3) is 0 Å². The number of hydrogen-bond acceptors (Lipinski definition) is 5. The topological polar surface area (TPSA) is 68.0 Å². The van der Waals surface area contributed by atoms with Crippen molar-refractivity contribution in [3.63, 3.8) is 0 Å². The van der Waals surface area contributed by atoms with Crippen molar-refractivity contribution in [1.29, 1.82) is 0 Å². The lowest BCUT2D eigenvalue weighted by Gasteiger charge is -2.59. The SMILES string of the molecule is CCOC1CC(N)(C(=O)N2CCC(OCCN3CCCC3)CC2)C1(C)C. The van der Waals surface area contributed by atoms with E-state index in [1.807, 2.05) is 11.8 Å². The summed E-state index contributed by atoms with van der Waals surface area (Å²) in [4.78, 5) is 17.5. The second-order valence-corrected chi connectivity index (χ2v) is 8.75. The first kappa shape index (κ1) is 20.1. The van der Waals surface area contributed by atoms with Crippen LogP contribution >= 0.6 is 0 Å². The first-order valence-electron chi connectivity index (χ1n) is 10.4. The molecule has 6 nitrogen and oxygen atoms in total. The van der Waals surface area contributed by atoms with E-state index in [1.54, 1.807) is 0 Å². The van der Waals surface area contributed by atoms with Crippen molar-refractivity contribution in [2.75, 3.05) is 45.9 Å². The van der Waals surface area contributed by atoms with E-state index < -0.39 is 5.54 Å². The van der Waals surface area contributed by atoms with Gasteiger partial charge in [-0.3, -0.25) is 4.79 Å². The van der Waals surface area contributed by atoms with Crippen LogP contribution in [0.15, 0.2) is 0 Å². The van der Waals surface area contributed by atoms with E-state index in [-0.39, 0.29) is 23.5 Å². The molecule has 2 atom stereocenters. The number of hydrogen-bond donors (Lipinski definition) is 1. The third-order valence-electron chi connectivity index (χ3n) is 6.90. The molecule has 2 heterocycles. The van der Waals surface area contributed by atoms with Crippen molar-refractivity contribution in [3.8, 4) is 0 Å². The highest BCUT2D eigenvalue weighted by Crippen LogP contribution is 2.50. The van der Waals surface area contributed by atoms with Gasteiger partial charge in [0.05, 0.1) is 18.8 Å². The van der Waals surface area contributed by atoms with Gasteiger partial charge in [-0.15, -0.1) is 0 Å². The van der Waals surface area contributed by atoms with E-state index >= 15 is 0 Å². The number of nitrogens with two attached hydrogens (primary N) is 1. The molecule has 0 aromatic heterocycles. The molecule has 0 aromatic rings. The van der Waals surface area contributed by atoms with Gasteiger partial charge in [0.25, 0.3) is 0 Å². The number of carbonyl (C=O) groups excluding carboxylic acids is 1. The van der Waals surface area contributed by atoms with Gasteiger partial charge in [-0.05, 0) is 45.7 Å². The van der Waals surface area contributed by atoms with E-state index in [1.165, 1.54) is 25.9 Å². The Labute approximate surface area is 158 Å². The Hall–Kier alpha value is -0.690. The zero-order valence-electron chi connectivity index (χ0n) is 16.8. The Kier molecular flexibility index (Phi) is 6.27. The molecule has 3 rings (SSSR count). The first-order chi connectivity index (χ1) is 12.4. The summed E-state index contributed by atoms with van der Waals surface area (Å²) in [6.07, 6.45) is 5.45. The Bertz CT molecular complexity index is 485. The molecule has 2 unspecified atom stereocenters. The minimum Gasteiger partial charge on any atom is -0.378 e. The summed E-state index contributed by atoms with van der Waals surface area (Å²) in [6, 6.07) is 0. The zero-order chi connectivity index (χ0) is 18.8. The van der Waals surface area contributed by atoms with Gasteiger partial charge in [-0.1, -0.05) is 13.8 Å². The number of amides is 1. The lowest BCUT2D eigenvalue weighted by atomic mass is 9.54. The number of piperidine rings is 1. The monoisotopic (exact) mass is 367 g/mol. The molecular formula is C20H37N3O3. The van der Waals surface area contributed by atoms with Gasteiger partial charge in [-0.25, -0.2) is 0 Å². The maximum atomic E-state index is 13.1. The fourth-order valence-electron chi connectivity index (χ4n) is 4.66. The summed E-state index contributed by atoms with van der Waals surface area (Å²) < 4.78 is 11.8. The summed E-state index contributed by atoms with van der Waals surface area (Å²) in [7, 11) is 0. The highest BCUT2D eigenvalue weighted by Gasteiger charge is 2.63. The third kappa shape index (κ3) is 3.79. The number of rotatable bonds is 7. The quantitative estimate of drug-likeness (QED) is 0.741. The first-order valence-corrected chi connectivity index (χ1v) is 10.4. The van der Waals surface area contributed by atoms with E-state index in [0.29, 0.717) is 13.0 Å². The molecule has 0 radical (unpaired) electrons. The average Bonchev–Trinajstić information content (AvgIpc) is 3.15. The molecule has 2 aliphatic heterocycles. The molecule has 0 bridgehead atoms. The Morgan fingerprint density at radius 1 is 1.12 bits per heavy atom. The van der Waals surface area contributed by atoms with Gasteiger partial charge in [0.1, 0.15) is 5.54 Å².